The van der Waals surface area contributed by atoms with E-state index in [1.165, 1.54) is 7.11 Å². The van der Waals surface area contributed by atoms with Crippen LogP contribution >= 0.6 is 12.4 Å². The van der Waals surface area contributed by atoms with Gasteiger partial charge >= 0.3 is 5.97 Å². The van der Waals surface area contributed by atoms with E-state index < -0.39 is 0 Å². The highest BCUT2D eigenvalue weighted by Crippen LogP contribution is 2.19. The topological polar surface area (TPSA) is 77.0 Å². The van der Waals surface area contributed by atoms with Crippen molar-refractivity contribution in [2.75, 3.05) is 7.11 Å². The zero-order chi connectivity index (χ0) is 14.4. The molecule has 2 aromatic rings. The number of azo groups is 1. The Bertz CT molecular complexity index is 610. The monoisotopic (exact) mass is 305 g/mol. The van der Waals surface area contributed by atoms with Crippen LogP contribution in [0.1, 0.15) is 15.9 Å². The average Bonchev–Trinajstić information content (AvgIpc) is 2.53. The van der Waals surface area contributed by atoms with Crippen molar-refractivity contribution in [3.8, 4) is 0 Å². The zero-order valence-corrected chi connectivity index (χ0v) is 12.3. The summed E-state index contributed by atoms with van der Waals surface area (Å²) >= 11 is 0. The van der Waals surface area contributed by atoms with Gasteiger partial charge in [-0.2, -0.15) is 10.2 Å². The van der Waals surface area contributed by atoms with Crippen molar-refractivity contribution in [1.82, 2.24) is 0 Å². The molecular formula is C15H16ClN3O2. The summed E-state index contributed by atoms with van der Waals surface area (Å²) in [5, 5.41) is 8.21. The molecule has 21 heavy (non-hydrogen) atoms. The van der Waals surface area contributed by atoms with Crippen LogP contribution in [0.3, 0.4) is 0 Å². The van der Waals surface area contributed by atoms with Gasteiger partial charge in [-0.15, -0.1) is 12.4 Å². The maximum atomic E-state index is 11.3. The summed E-state index contributed by atoms with van der Waals surface area (Å²) in [6.45, 7) is 0.506. The Balaban J connectivity index is 0.00000220. The molecule has 2 rings (SSSR count). The Kier molecular flexibility index (Phi) is 6.52. The number of nitrogens with zero attached hydrogens (tertiary/aromatic N) is 2. The molecule has 0 heterocycles. The van der Waals surface area contributed by atoms with E-state index in [-0.39, 0.29) is 18.4 Å². The third kappa shape index (κ3) is 4.66. The predicted molar refractivity (Wildman–Crippen MR) is 83.5 cm³/mol. The van der Waals surface area contributed by atoms with E-state index in [9.17, 15) is 4.79 Å². The fraction of sp³-hybridized carbons (Fsp3) is 0.133. The molecule has 0 aliphatic rings. The summed E-state index contributed by atoms with van der Waals surface area (Å²) in [6, 6.07) is 14.3. The Morgan fingerprint density at radius 1 is 1.00 bits per heavy atom. The summed E-state index contributed by atoms with van der Waals surface area (Å²) in [5.74, 6) is -0.370. The molecular weight excluding hydrogens is 290 g/mol. The van der Waals surface area contributed by atoms with Gasteiger partial charge in [0.05, 0.1) is 24.0 Å². The van der Waals surface area contributed by atoms with Crippen LogP contribution in [-0.4, -0.2) is 13.1 Å². The smallest absolute Gasteiger partial charge is 0.337 e. The highest BCUT2D eigenvalue weighted by molar-refractivity contribution is 5.89. The summed E-state index contributed by atoms with van der Waals surface area (Å²) in [4.78, 5) is 11.3. The minimum Gasteiger partial charge on any atom is -0.465 e. The Morgan fingerprint density at radius 3 is 1.90 bits per heavy atom. The van der Waals surface area contributed by atoms with Crippen LogP contribution in [0.15, 0.2) is 58.8 Å². The Morgan fingerprint density at radius 2 is 1.48 bits per heavy atom. The largest absolute Gasteiger partial charge is 0.465 e. The molecule has 0 aliphatic heterocycles. The second-order valence-corrected chi connectivity index (χ2v) is 4.11. The number of nitrogens with two attached hydrogens (primary N) is 1. The first-order valence-electron chi connectivity index (χ1n) is 6.12. The molecule has 5 nitrogen and oxygen atoms in total. The van der Waals surface area contributed by atoms with E-state index in [1.807, 2.05) is 24.3 Å². The van der Waals surface area contributed by atoms with Gasteiger partial charge in [-0.25, -0.2) is 4.79 Å². The Labute approximate surface area is 129 Å². The lowest BCUT2D eigenvalue weighted by Gasteiger charge is -1.99. The fourth-order valence-electron chi connectivity index (χ4n) is 1.60. The van der Waals surface area contributed by atoms with Crippen molar-refractivity contribution < 1.29 is 9.53 Å². The van der Waals surface area contributed by atoms with Gasteiger partial charge in [-0.05, 0) is 42.0 Å². The van der Waals surface area contributed by atoms with Crippen LogP contribution in [0, 0.1) is 0 Å². The van der Waals surface area contributed by atoms with E-state index in [1.54, 1.807) is 24.3 Å². The third-order valence-corrected chi connectivity index (χ3v) is 2.74. The van der Waals surface area contributed by atoms with Gasteiger partial charge in [0.1, 0.15) is 0 Å². The molecule has 0 bridgehead atoms. The van der Waals surface area contributed by atoms with Gasteiger partial charge in [0.2, 0.25) is 0 Å². The minimum absolute atomic E-state index is 0. The Hall–Kier alpha value is -2.24. The summed E-state index contributed by atoms with van der Waals surface area (Å²) in [7, 11) is 1.35. The standard InChI is InChI=1S/C15H15N3O2.ClH/c1-20-15(19)12-4-8-14(9-5-12)18-17-13-6-2-11(10-16)3-7-13;/h2-9H,10,16H2,1H3;1H/b18-17+;. The van der Waals surface area contributed by atoms with E-state index >= 15 is 0 Å². The number of esters is 1. The summed E-state index contributed by atoms with van der Waals surface area (Å²) in [6.07, 6.45) is 0. The molecule has 6 heteroatoms. The van der Waals surface area contributed by atoms with Gasteiger partial charge in [0.15, 0.2) is 0 Å². The molecule has 0 aliphatic carbocycles. The summed E-state index contributed by atoms with van der Waals surface area (Å²) < 4.78 is 4.62. The van der Waals surface area contributed by atoms with Crippen LogP contribution in [0.5, 0.6) is 0 Å². The van der Waals surface area contributed by atoms with Crippen molar-refractivity contribution in [3.63, 3.8) is 0 Å². The predicted octanol–water partition coefficient (Wildman–Crippen LogP) is 3.77. The third-order valence-electron chi connectivity index (χ3n) is 2.74. The molecule has 0 unspecified atom stereocenters. The van der Waals surface area contributed by atoms with E-state index in [0.717, 1.165) is 11.3 Å². The second kappa shape index (κ2) is 8.14. The number of carbonyl (C=O) groups is 1. The number of benzene rings is 2. The lowest BCUT2D eigenvalue weighted by Crippen LogP contribution is -1.99. The molecule has 0 atom stereocenters. The van der Waals surface area contributed by atoms with Crippen LogP contribution in [0.4, 0.5) is 11.4 Å². The first kappa shape index (κ1) is 16.8. The van der Waals surface area contributed by atoms with Crippen molar-refractivity contribution in [3.05, 3.63) is 59.7 Å². The first-order valence-corrected chi connectivity index (χ1v) is 6.12. The number of hydrogen-bond donors (Lipinski definition) is 1. The van der Waals surface area contributed by atoms with Crippen molar-refractivity contribution in [1.29, 1.82) is 0 Å². The number of ether oxygens (including phenoxy) is 1. The van der Waals surface area contributed by atoms with Gasteiger partial charge < -0.3 is 10.5 Å². The van der Waals surface area contributed by atoms with Crippen molar-refractivity contribution in [2.24, 2.45) is 16.0 Å². The molecule has 0 amide bonds. The highest BCUT2D eigenvalue weighted by Gasteiger charge is 2.03. The lowest BCUT2D eigenvalue weighted by atomic mass is 10.2. The number of hydrogen-bond acceptors (Lipinski definition) is 5. The highest BCUT2D eigenvalue weighted by atomic mass is 35.5. The normalized spacial score (nSPS) is 10.2. The molecule has 0 saturated carbocycles. The molecule has 0 spiro atoms. The molecule has 0 radical (unpaired) electrons. The quantitative estimate of drug-likeness (QED) is 0.690. The lowest BCUT2D eigenvalue weighted by molar-refractivity contribution is 0.0601. The maximum absolute atomic E-state index is 11.3. The van der Waals surface area contributed by atoms with E-state index in [2.05, 4.69) is 15.0 Å². The van der Waals surface area contributed by atoms with Gasteiger partial charge in [-0.1, -0.05) is 12.1 Å². The van der Waals surface area contributed by atoms with E-state index in [4.69, 9.17) is 5.73 Å². The number of rotatable bonds is 4. The van der Waals surface area contributed by atoms with Gasteiger partial charge in [0, 0.05) is 6.54 Å². The van der Waals surface area contributed by atoms with Crippen LogP contribution < -0.4 is 5.73 Å². The summed E-state index contributed by atoms with van der Waals surface area (Å²) in [5.41, 5.74) is 8.47. The van der Waals surface area contributed by atoms with Gasteiger partial charge in [0.25, 0.3) is 0 Å². The number of carbonyl (C=O) groups excluding carboxylic acids is 1. The van der Waals surface area contributed by atoms with Crippen molar-refractivity contribution in [2.45, 2.75) is 6.54 Å². The van der Waals surface area contributed by atoms with Crippen LogP contribution in [0.2, 0.25) is 0 Å². The van der Waals surface area contributed by atoms with Gasteiger partial charge in [-0.3, -0.25) is 0 Å². The molecule has 110 valence electrons. The molecule has 0 fully saturated rings. The molecule has 2 aromatic carbocycles. The fourth-order valence-corrected chi connectivity index (χ4v) is 1.60. The van der Waals surface area contributed by atoms with Crippen LogP contribution in [-0.2, 0) is 11.3 Å². The SMILES string of the molecule is COC(=O)c1ccc(/N=N/c2ccc(CN)cc2)cc1.Cl. The first-order chi connectivity index (χ1) is 9.72. The van der Waals surface area contributed by atoms with E-state index in [0.29, 0.717) is 17.8 Å². The zero-order valence-electron chi connectivity index (χ0n) is 11.5. The molecule has 0 aromatic heterocycles. The second-order valence-electron chi connectivity index (χ2n) is 4.11. The van der Waals surface area contributed by atoms with Crippen molar-refractivity contribution >= 4 is 29.8 Å². The maximum Gasteiger partial charge on any atom is 0.337 e. The number of methoxy groups -OCH3 is 1. The average molecular weight is 306 g/mol. The van der Waals surface area contributed by atoms with Crippen LogP contribution in [0.25, 0.3) is 0 Å². The minimum atomic E-state index is -0.370. The molecule has 2 N–H and O–H groups in total. The molecule has 0 saturated heterocycles. The number of halogens is 1.